The van der Waals surface area contributed by atoms with Crippen LogP contribution >= 0.6 is 11.3 Å². The molecule has 0 spiro atoms. The molecule has 5 nitrogen and oxygen atoms in total. The van der Waals surface area contributed by atoms with Crippen LogP contribution in [0, 0.1) is 20.8 Å². The fraction of sp³-hybridized carbons (Fsp3) is 0.238. The minimum atomic E-state index is -0.288. The second-order valence-corrected chi connectivity index (χ2v) is 7.14. The Morgan fingerprint density at radius 1 is 1.04 bits per heavy atom. The number of carbonyl (C=O) groups is 1. The van der Waals surface area contributed by atoms with Crippen molar-refractivity contribution in [3.05, 3.63) is 58.0 Å². The van der Waals surface area contributed by atoms with Gasteiger partial charge in [0, 0.05) is 10.9 Å². The van der Waals surface area contributed by atoms with Gasteiger partial charge in [0.25, 0.3) is 5.91 Å². The highest BCUT2D eigenvalue weighted by atomic mass is 32.1. The number of rotatable bonds is 5. The van der Waals surface area contributed by atoms with Crippen LogP contribution in [0.5, 0.6) is 11.5 Å². The number of nitrogens with one attached hydrogen (secondary N) is 1. The number of methoxy groups -OCH3 is 2. The van der Waals surface area contributed by atoms with Crippen molar-refractivity contribution in [1.82, 2.24) is 4.98 Å². The first-order valence-electron chi connectivity index (χ1n) is 8.50. The molecule has 0 unspecified atom stereocenters. The van der Waals surface area contributed by atoms with Gasteiger partial charge in [-0.25, -0.2) is 4.98 Å². The van der Waals surface area contributed by atoms with E-state index >= 15 is 0 Å². The predicted octanol–water partition coefficient (Wildman–Crippen LogP) is 5.00. The number of amides is 1. The molecule has 3 rings (SSSR count). The molecule has 3 aromatic rings. The maximum absolute atomic E-state index is 12.7. The third kappa shape index (κ3) is 3.80. The number of aromatic nitrogens is 1. The highest BCUT2D eigenvalue weighted by Crippen LogP contribution is 2.33. The van der Waals surface area contributed by atoms with Crippen LogP contribution in [0.15, 0.2) is 35.7 Å². The third-order valence-electron chi connectivity index (χ3n) is 4.49. The smallest absolute Gasteiger partial charge is 0.261 e. The highest BCUT2D eigenvalue weighted by molar-refractivity contribution is 7.14. The molecule has 2 aromatic carbocycles. The SMILES string of the molecule is COc1cccc(C(=O)Nc2nc(-c3cc(C)c(C)cc3C)cs2)c1OC. The predicted molar refractivity (Wildman–Crippen MR) is 109 cm³/mol. The number of anilines is 1. The number of ether oxygens (including phenoxy) is 2. The Kier molecular flexibility index (Phi) is 5.46. The normalized spacial score (nSPS) is 10.6. The minimum absolute atomic E-state index is 0.288. The fourth-order valence-corrected chi connectivity index (χ4v) is 3.63. The van der Waals surface area contributed by atoms with Gasteiger partial charge in [0.15, 0.2) is 16.6 Å². The first kappa shape index (κ1) is 18.9. The molecule has 0 aliphatic carbocycles. The zero-order valence-corrected chi connectivity index (χ0v) is 16.9. The van der Waals surface area contributed by atoms with Crippen LogP contribution in [0.4, 0.5) is 5.13 Å². The number of para-hydroxylation sites is 1. The summed E-state index contributed by atoms with van der Waals surface area (Å²) in [4.78, 5) is 17.3. The van der Waals surface area contributed by atoms with Crippen molar-refractivity contribution in [2.24, 2.45) is 0 Å². The molecule has 27 heavy (non-hydrogen) atoms. The lowest BCUT2D eigenvalue weighted by Gasteiger charge is -2.11. The molecular weight excluding hydrogens is 360 g/mol. The second-order valence-electron chi connectivity index (χ2n) is 6.28. The molecule has 1 N–H and O–H groups in total. The summed E-state index contributed by atoms with van der Waals surface area (Å²) in [5, 5.41) is 5.35. The molecule has 6 heteroatoms. The van der Waals surface area contributed by atoms with Crippen LogP contribution in [0.3, 0.4) is 0 Å². The maximum Gasteiger partial charge on any atom is 0.261 e. The quantitative estimate of drug-likeness (QED) is 0.674. The molecule has 0 aliphatic heterocycles. The first-order valence-corrected chi connectivity index (χ1v) is 9.38. The van der Waals surface area contributed by atoms with Gasteiger partial charge in [-0.2, -0.15) is 0 Å². The van der Waals surface area contributed by atoms with Crippen LogP contribution in [-0.4, -0.2) is 25.1 Å². The fourth-order valence-electron chi connectivity index (χ4n) is 2.92. The van der Waals surface area contributed by atoms with Crippen LogP contribution in [0.2, 0.25) is 0 Å². The molecule has 0 atom stereocenters. The average Bonchev–Trinajstić information content (AvgIpc) is 3.11. The zero-order valence-electron chi connectivity index (χ0n) is 16.0. The molecule has 0 saturated carbocycles. The number of thiazole rings is 1. The van der Waals surface area contributed by atoms with Crippen molar-refractivity contribution >= 4 is 22.4 Å². The lowest BCUT2D eigenvalue weighted by atomic mass is 9.99. The highest BCUT2D eigenvalue weighted by Gasteiger charge is 2.18. The summed E-state index contributed by atoms with van der Waals surface area (Å²) in [6.45, 7) is 6.25. The largest absolute Gasteiger partial charge is 0.493 e. The van der Waals surface area contributed by atoms with Gasteiger partial charge < -0.3 is 9.47 Å². The molecule has 1 heterocycles. The van der Waals surface area contributed by atoms with E-state index in [0.29, 0.717) is 22.2 Å². The number of hydrogen-bond acceptors (Lipinski definition) is 5. The van der Waals surface area contributed by atoms with Crippen molar-refractivity contribution in [1.29, 1.82) is 0 Å². The van der Waals surface area contributed by atoms with E-state index in [4.69, 9.17) is 9.47 Å². The molecule has 1 aromatic heterocycles. The van der Waals surface area contributed by atoms with Crippen molar-refractivity contribution in [3.8, 4) is 22.8 Å². The Bertz CT molecular complexity index is 995. The summed E-state index contributed by atoms with van der Waals surface area (Å²) in [5.74, 6) is 0.624. The maximum atomic E-state index is 12.7. The Morgan fingerprint density at radius 2 is 1.78 bits per heavy atom. The lowest BCUT2D eigenvalue weighted by molar-refractivity contribution is 0.102. The molecule has 0 bridgehead atoms. The van der Waals surface area contributed by atoms with Crippen molar-refractivity contribution < 1.29 is 14.3 Å². The Hall–Kier alpha value is -2.86. The number of hydrogen-bond donors (Lipinski definition) is 1. The molecule has 0 fully saturated rings. The lowest BCUT2D eigenvalue weighted by Crippen LogP contribution is -2.13. The molecule has 1 amide bonds. The van der Waals surface area contributed by atoms with Gasteiger partial charge in [0.05, 0.1) is 25.5 Å². The Balaban J connectivity index is 1.87. The molecule has 0 radical (unpaired) electrons. The topological polar surface area (TPSA) is 60.5 Å². The van der Waals surface area contributed by atoms with E-state index in [9.17, 15) is 4.79 Å². The summed E-state index contributed by atoms with van der Waals surface area (Å²) < 4.78 is 10.6. The molecule has 0 aliphatic rings. The second kappa shape index (κ2) is 7.80. The standard InChI is InChI=1S/C21H22N2O3S/c1-12-9-14(3)16(10-13(12)2)17-11-27-21(22-17)23-20(24)15-7-6-8-18(25-4)19(15)26-5/h6-11H,1-5H3,(H,22,23,24). The van der Waals surface area contributed by atoms with Crippen molar-refractivity contribution in [3.63, 3.8) is 0 Å². The summed E-state index contributed by atoms with van der Waals surface area (Å²) in [6, 6.07) is 9.49. The van der Waals surface area contributed by atoms with Crippen molar-refractivity contribution in [2.75, 3.05) is 19.5 Å². The first-order chi connectivity index (χ1) is 12.9. The summed E-state index contributed by atoms with van der Waals surface area (Å²) in [5.41, 5.74) is 5.97. The van der Waals surface area contributed by atoms with Gasteiger partial charge in [0.1, 0.15) is 0 Å². The van der Waals surface area contributed by atoms with Gasteiger partial charge in [-0.1, -0.05) is 12.1 Å². The number of aryl methyl sites for hydroxylation is 3. The molecular formula is C21H22N2O3S. The van der Waals surface area contributed by atoms with Gasteiger partial charge in [0.2, 0.25) is 0 Å². The number of nitrogens with zero attached hydrogens (tertiary/aromatic N) is 1. The Labute approximate surface area is 163 Å². The van der Waals surface area contributed by atoms with E-state index in [1.165, 1.54) is 29.6 Å². The molecule has 0 saturated heterocycles. The van der Waals surface area contributed by atoms with E-state index in [-0.39, 0.29) is 5.91 Å². The van der Waals surface area contributed by atoms with E-state index in [1.54, 1.807) is 25.3 Å². The summed E-state index contributed by atoms with van der Waals surface area (Å²) >= 11 is 1.39. The van der Waals surface area contributed by atoms with E-state index in [1.807, 2.05) is 5.38 Å². The van der Waals surface area contributed by atoms with Gasteiger partial charge in [-0.05, 0) is 55.7 Å². The van der Waals surface area contributed by atoms with E-state index in [0.717, 1.165) is 16.8 Å². The van der Waals surface area contributed by atoms with Crippen LogP contribution in [0.1, 0.15) is 27.0 Å². The van der Waals surface area contributed by atoms with Crippen LogP contribution in [-0.2, 0) is 0 Å². The van der Waals surface area contributed by atoms with Gasteiger partial charge in [-0.15, -0.1) is 11.3 Å². The van der Waals surface area contributed by atoms with Gasteiger partial charge >= 0.3 is 0 Å². The minimum Gasteiger partial charge on any atom is -0.493 e. The summed E-state index contributed by atoms with van der Waals surface area (Å²) in [7, 11) is 3.05. The van der Waals surface area contributed by atoms with Crippen LogP contribution in [0.25, 0.3) is 11.3 Å². The van der Waals surface area contributed by atoms with Crippen LogP contribution < -0.4 is 14.8 Å². The average molecular weight is 382 g/mol. The zero-order chi connectivity index (χ0) is 19.6. The number of benzene rings is 2. The van der Waals surface area contributed by atoms with E-state index in [2.05, 4.69) is 43.2 Å². The monoisotopic (exact) mass is 382 g/mol. The third-order valence-corrected chi connectivity index (χ3v) is 5.25. The molecule has 140 valence electrons. The Morgan fingerprint density at radius 3 is 2.48 bits per heavy atom. The number of carbonyl (C=O) groups excluding carboxylic acids is 1. The van der Waals surface area contributed by atoms with Crippen molar-refractivity contribution in [2.45, 2.75) is 20.8 Å². The van der Waals surface area contributed by atoms with Gasteiger partial charge in [-0.3, -0.25) is 10.1 Å². The summed E-state index contributed by atoms with van der Waals surface area (Å²) in [6.07, 6.45) is 0. The van der Waals surface area contributed by atoms with E-state index < -0.39 is 0 Å².